The Kier molecular flexibility index (Phi) is 5.98. The van der Waals surface area contributed by atoms with Crippen LogP contribution in [0, 0.1) is 17.3 Å². The third-order valence-corrected chi connectivity index (χ3v) is 4.18. The second-order valence-corrected chi connectivity index (χ2v) is 5.54. The van der Waals surface area contributed by atoms with Crippen LogP contribution in [-0.2, 0) is 19.1 Å². The summed E-state index contributed by atoms with van der Waals surface area (Å²) in [5.74, 6) is -0.0903. The third-order valence-electron chi connectivity index (χ3n) is 4.18. The SMILES string of the molecule is CCOCC(=O)C1(C(=O)OCC)CC(C)CCC1C. The van der Waals surface area contributed by atoms with Gasteiger partial charge in [-0.2, -0.15) is 0 Å². The number of ketones is 1. The van der Waals surface area contributed by atoms with Crippen molar-refractivity contribution in [2.75, 3.05) is 19.8 Å². The van der Waals surface area contributed by atoms with Crippen LogP contribution < -0.4 is 0 Å². The number of esters is 1. The van der Waals surface area contributed by atoms with Crippen LogP contribution in [0.1, 0.15) is 47.0 Å². The van der Waals surface area contributed by atoms with Crippen molar-refractivity contribution in [1.29, 1.82) is 0 Å². The van der Waals surface area contributed by atoms with Crippen molar-refractivity contribution in [3.63, 3.8) is 0 Å². The monoisotopic (exact) mass is 270 g/mol. The Balaban J connectivity index is 3.00. The first-order valence-electron chi connectivity index (χ1n) is 7.27. The Bertz CT molecular complexity index is 326. The Morgan fingerprint density at radius 3 is 2.42 bits per heavy atom. The van der Waals surface area contributed by atoms with Crippen LogP contribution >= 0.6 is 0 Å². The number of rotatable bonds is 6. The molecule has 3 atom stereocenters. The van der Waals surface area contributed by atoms with Crippen molar-refractivity contribution in [2.24, 2.45) is 17.3 Å². The van der Waals surface area contributed by atoms with E-state index in [0.29, 0.717) is 25.6 Å². The molecule has 0 bridgehead atoms. The zero-order valence-electron chi connectivity index (χ0n) is 12.5. The van der Waals surface area contributed by atoms with Gasteiger partial charge in [-0.3, -0.25) is 9.59 Å². The molecule has 19 heavy (non-hydrogen) atoms. The van der Waals surface area contributed by atoms with E-state index in [9.17, 15) is 9.59 Å². The van der Waals surface area contributed by atoms with E-state index in [1.54, 1.807) is 6.92 Å². The lowest BCUT2D eigenvalue weighted by atomic mass is 9.61. The minimum Gasteiger partial charge on any atom is -0.465 e. The lowest BCUT2D eigenvalue weighted by Crippen LogP contribution is -2.50. The number of carbonyl (C=O) groups is 2. The summed E-state index contributed by atoms with van der Waals surface area (Å²) in [6.07, 6.45) is 2.53. The summed E-state index contributed by atoms with van der Waals surface area (Å²) in [4.78, 5) is 24.9. The summed E-state index contributed by atoms with van der Waals surface area (Å²) in [6, 6.07) is 0. The maximum Gasteiger partial charge on any atom is 0.320 e. The highest BCUT2D eigenvalue weighted by Gasteiger charge is 2.53. The smallest absolute Gasteiger partial charge is 0.320 e. The van der Waals surface area contributed by atoms with E-state index in [1.165, 1.54) is 0 Å². The first-order chi connectivity index (χ1) is 8.98. The van der Waals surface area contributed by atoms with Crippen LogP contribution in [0.25, 0.3) is 0 Å². The van der Waals surface area contributed by atoms with Gasteiger partial charge in [0.1, 0.15) is 12.0 Å². The fraction of sp³-hybridized carbons (Fsp3) is 0.867. The van der Waals surface area contributed by atoms with E-state index in [0.717, 1.165) is 12.8 Å². The molecule has 0 spiro atoms. The highest BCUT2D eigenvalue weighted by molar-refractivity contribution is 6.05. The highest BCUT2D eigenvalue weighted by atomic mass is 16.5. The normalized spacial score (nSPS) is 30.9. The fourth-order valence-corrected chi connectivity index (χ4v) is 3.00. The van der Waals surface area contributed by atoms with Crippen LogP contribution in [0.5, 0.6) is 0 Å². The molecule has 1 aliphatic carbocycles. The number of hydrogen-bond acceptors (Lipinski definition) is 4. The molecule has 110 valence electrons. The van der Waals surface area contributed by atoms with Crippen molar-refractivity contribution in [3.8, 4) is 0 Å². The van der Waals surface area contributed by atoms with E-state index < -0.39 is 5.41 Å². The van der Waals surface area contributed by atoms with Gasteiger partial charge in [-0.1, -0.05) is 20.3 Å². The Hall–Kier alpha value is -0.900. The maximum atomic E-state index is 12.5. The van der Waals surface area contributed by atoms with Crippen LogP contribution in [0.4, 0.5) is 0 Å². The Labute approximate surface area is 115 Å². The van der Waals surface area contributed by atoms with Gasteiger partial charge in [0.15, 0.2) is 5.78 Å². The van der Waals surface area contributed by atoms with E-state index in [2.05, 4.69) is 6.92 Å². The van der Waals surface area contributed by atoms with Crippen LogP contribution in [0.3, 0.4) is 0 Å². The fourth-order valence-electron chi connectivity index (χ4n) is 3.00. The predicted molar refractivity (Wildman–Crippen MR) is 72.7 cm³/mol. The molecule has 0 heterocycles. The molecule has 0 aromatic carbocycles. The second kappa shape index (κ2) is 7.04. The first-order valence-corrected chi connectivity index (χ1v) is 7.27. The molecule has 0 N–H and O–H groups in total. The number of carbonyl (C=O) groups excluding carboxylic acids is 2. The molecule has 4 heteroatoms. The van der Waals surface area contributed by atoms with Gasteiger partial charge in [0.05, 0.1) is 6.61 Å². The summed E-state index contributed by atoms with van der Waals surface area (Å²) in [5, 5.41) is 0. The average Bonchev–Trinajstić information content (AvgIpc) is 2.38. The Morgan fingerprint density at radius 1 is 1.16 bits per heavy atom. The zero-order chi connectivity index (χ0) is 14.5. The van der Waals surface area contributed by atoms with Gasteiger partial charge in [-0.15, -0.1) is 0 Å². The van der Waals surface area contributed by atoms with Crippen molar-refractivity contribution >= 4 is 11.8 Å². The van der Waals surface area contributed by atoms with Crippen molar-refractivity contribution in [3.05, 3.63) is 0 Å². The van der Waals surface area contributed by atoms with Gasteiger partial charge in [0.25, 0.3) is 0 Å². The summed E-state index contributed by atoms with van der Waals surface area (Å²) in [5.41, 5.74) is -0.997. The zero-order valence-corrected chi connectivity index (χ0v) is 12.5. The number of Topliss-reactive ketones (excluding diaryl/α,β-unsaturated/α-hetero) is 1. The van der Waals surface area contributed by atoms with E-state index in [4.69, 9.17) is 9.47 Å². The van der Waals surface area contributed by atoms with Crippen molar-refractivity contribution < 1.29 is 19.1 Å². The van der Waals surface area contributed by atoms with Gasteiger partial charge >= 0.3 is 5.97 Å². The molecule has 1 aliphatic rings. The lowest BCUT2D eigenvalue weighted by Gasteiger charge is -2.41. The highest BCUT2D eigenvalue weighted by Crippen LogP contribution is 2.45. The minimum absolute atomic E-state index is 0.00632. The van der Waals surface area contributed by atoms with Crippen molar-refractivity contribution in [2.45, 2.75) is 47.0 Å². The second-order valence-electron chi connectivity index (χ2n) is 5.54. The molecule has 0 aliphatic heterocycles. The molecule has 0 amide bonds. The average molecular weight is 270 g/mol. The molecule has 0 aromatic rings. The number of hydrogen-bond donors (Lipinski definition) is 0. The summed E-state index contributed by atoms with van der Waals surface area (Å²) < 4.78 is 10.4. The van der Waals surface area contributed by atoms with E-state index >= 15 is 0 Å². The molecule has 3 unspecified atom stereocenters. The molecule has 1 rings (SSSR count). The summed E-state index contributed by atoms with van der Waals surface area (Å²) in [7, 11) is 0. The van der Waals surface area contributed by atoms with E-state index in [-0.39, 0.29) is 24.3 Å². The molecule has 0 saturated heterocycles. The predicted octanol–water partition coefficient (Wildman–Crippen LogP) is 2.60. The van der Waals surface area contributed by atoms with Gasteiger partial charge < -0.3 is 9.47 Å². The molecule has 4 nitrogen and oxygen atoms in total. The molecule has 1 fully saturated rings. The van der Waals surface area contributed by atoms with Crippen LogP contribution in [0.2, 0.25) is 0 Å². The standard InChI is InChI=1S/C15H26O4/c1-5-18-10-13(16)15(14(17)19-6-2)9-11(3)7-8-12(15)4/h11-12H,5-10H2,1-4H3. The van der Waals surface area contributed by atoms with Gasteiger partial charge in [-0.25, -0.2) is 0 Å². The largest absolute Gasteiger partial charge is 0.465 e. The first kappa shape index (κ1) is 16.2. The van der Waals surface area contributed by atoms with Gasteiger partial charge in [-0.05, 0) is 38.5 Å². The molecule has 0 radical (unpaired) electrons. The topological polar surface area (TPSA) is 52.6 Å². The molecular formula is C15H26O4. The quantitative estimate of drug-likeness (QED) is 0.550. The molecular weight excluding hydrogens is 244 g/mol. The summed E-state index contributed by atoms with van der Waals surface area (Å²) >= 11 is 0. The number of ether oxygens (including phenoxy) is 2. The van der Waals surface area contributed by atoms with Crippen LogP contribution in [-0.4, -0.2) is 31.6 Å². The van der Waals surface area contributed by atoms with E-state index in [1.807, 2.05) is 13.8 Å². The molecule has 1 saturated carbocycles. The van der Waals surface area contributed by atoms with Crippen LogP contribution in [0.15, 0.2) is 0 Å². The summed E-state index contributed by atoms with van der Waals surface area (Å²) in [6.45, 7) is 8.48. The van der Waals surface area contributed by atoms with Crippen molar-refractivity contribution in [1.82, 2.24) is 0 Å². The Morgan fingerprint density at radius 2 is 1.84 bits per heavy atom. The van der Waals surface area contributed by atoms with Gasteiger partial charge in [0, 0.05) is 6.61 Å². The molecule has 0 aromatic heterocycles. The van der Waals surface area contributed by atoms with Gasteiger partial charge in [0.2, 0.25) is 0 Å². The minimum atomic E-state index is -0.997. The lowest BCUT2D eigenvalue weighted by molar-refractivity contribution is -0.169. The third kappa shape index (κ3) is 3.35. The maximum absolute atomic E-state index is 12.5.